The summed E-state index contributed by atoms with van der Waals surface area (Å²) in [5.74, 6) is -0.268. The molecule has 3 rings (SSSR count). The summed E-state index contributed by atoms with van der Waals surface area (Å²) in [6, 6.07) is 13.6. The molecule has 0 saturated heterocycles. The van der Waals surface area contributed by atoms with E-state index in [0.29, 0.717) is 5.56 Å². The van der Waals surface area contributed by atoms with Crippen molar-refractivity contribution in [1.82, 2.24) is 4.72 Å². The second kappa shape index (κ2) is 8.33. The van der Waals surface area contributed by atoms with Crippen LogP contribution < -0.4 is 10.0 Å². The van der Waals surface area contributed by atoms with Gasteiger partial charge in [-0.1, -0.05) is 12.1 Å². The molecular formula is C20H21N3O3S. The standard InChI is InChI=1S/C20H21N3O3S/c21-13-4-14-22-27(25,26)17-11-9-16(10-12-17)20(24)23-19-8-3-6-15-5-1-2-7-18(15)19/h3,6,8-12,22H,1-2,4-5,7,14H2,(H,23,24). The quantitative estimate of drug-likeness (QED) is 0.749. The van der Waals surface area contributed by atoms with E-state index in [0.717, 1.165) is 24.9 Å². The summed E-state index contributed by atoms with van der Waals surface area (Å²) in [6.07, 6.45) is 4.37. The molecule has 1 aliphatic rings. The first-order valence-corrected chi connectivity index (χ1v) is 10.4. The number of aryl methyl sites for hydroxylation is 1. The number of carbonyl (C=O) groups is 1. The molecule has 2 aromatic rings. The molecule has 2 N–H and O–H groups in total. The molecule has 6 nitrogen and oxygen atoms in total. The van der Waals surface area contributed by atoms with Crippen LogP contribution in [0.15, 0.2) is 47.4 Å². The van der Waals surface area contributed by atoms with Crippen molar-refractivity contribution in [3.05, 3.63) is 59.2 Å². The monoisotopic (exact) mass is 383 g/mol. The zero-order valence-electron chi connectivity index (χ0n) is 14.9. The molecule has 0 aliphatic heterocycles. The van der Waals surface area contributed by atoms with Crippen LogP contribution in [-0.2, 0) is 22.9 Å². The zero-order chi connectivity index (χ0) is 19.3. The molecule has 0 atom stereocenters. The smallest absolute Gasteiger partial charge is 0.255 e. The van der Waals surface area contributed by atoms with E-state index in [1.165, 1.54) is 41.8 Å². The average molecular weight is 383 g/mol. The number of carbonyl (C=O) groups excluding carboxylic acids is 1. The molecule has 27 heavy (non-hydrogen) atoms. The number of nitrogens with zero attached hydrogens (tertiary/aromatic N) is 1. The third kappa shape index (κ3) is 4.54. The van der Waals surface area contributed by atoms with Gasteiger partial charge in [0.15, 0.2) is 0 Å². The lowest BCUT2D eigenvalue weighted by molar-refractivity contribution is 0.102. The van der Waals surface area contributed by atoms with Gasteiger partial charge in [-0.25, -0.2) is 13.1 Å². The van der Waals surface area contributed by atoms with E-state index in [1.807, 2.05) is 18.2 Å². The third-order valence-electron chi connectivity index (χ3n) is 4.60. The lowest BCUT2D eigenvalue weighted by Gasteiger charge is -2.19. The highest BCUT2D eigenvalue weighted by molar-refractivity contribution is 7.89. The zero-order valence-corrected chi connectivity index (χ0v) is 15.7. The fourth-order valence-electron chi connectivity index (χ4n) is 3.20. The highest BCUT2D eigenvalue weighted by atomic mass is 32.2. The minimum absolute atomic E-state index is 0.0557. The minimum Gasteiger partial charge on any atom is -0.322 e. The third-order valence-corrected chi connectivity index (χ3v) is 6.08. The van der Waals surface area contributed by atoms with Crippen molar-refractivity contribution in [2.75, 3.05) is 11.9 Å². The van der Waals surface area contributed by atoms with Crippen LogP contribution in [0, 0.1) is 11.3 Å². The molecule has 140 valence electrons. The Hall–Kier alpha value is -2.69. The number of nitrogens with one attached hydrogen (secondary N) is 2. The molecule has 0 spiro atoms. The number of benzene rings is 2. The first kappa shape index (κ1) is 19.1. The molecule has 1 amide bonds. The number of hydrogen-bond donors (Lipinski definition) is 2. The van der Waals surface area contributed by atoms with Gasteiger partial charge in [0, 0.05) is 24.2 Å². The summed E-state index contributed by atoms with van der Waals surface area (Å²) < 4.78 is 26.6. The van der Waals surface area contributed by atoms with Gasteiger partial charge in [0.25, 0.3) is 5.91 Å². The molecule has 0 radical (unpaired) electrons. The molecular weight excluding hydrogens is 362 g/mol. The fraction of sp³-hybridized carbons (Fsp3) is 0.300. The van der Waals surface area contributed by atoms with Gasteiger partial charge in [-0.3, -0.25) is 4.79 Å². The molecule has 0 heterocycles. The molecule has 2 aromatic carbocycles. The maximum atomic E-state index is 12.6. The number of amides is 1. The van der Waals surface area contributed by atoms with Gasteiger partial charge in [0.1, 0.15) is 0 Å². The van der Waals surface area contributed by atoms with Crippen molar-refractivity contribution < 1.29 is 13.2 Å². The highest BCUT2D eigenvalue weighted by Crippen LogP contribution is 2.28. The topological polar surface area (TPSA) is 99.1 Å². The van der Waals surface area contributed by atoms with E-state index in [2.05, 4.69) is 16.1 Å². The van der Waals surface area contributed by atoms with E-state index in [1.54, 1.807) is 0 Å². The maximum absolute atomic E-state index is 12.6. The Bertz CT molecular complexity index is 977. The summed E-state index contributed by atoms with van der Waals surface area (Å²) in [5.41, 5.74) is 3.69. The van der Waals surface area contributed by atoms with E-state index in [9.17, 15) is 13.2 Å². The normalized spacial score (nSPS) is 13.4. The number of rotatable bonds is 6. The Morgan fingerprint density at radius 2 is 1.81 bits per heavy atom. The summed E-state index contributed by atoms with van der Waals surface area (Å²) in [4.78, 5) is 12.6. The lowest BCUT2D eigenvalue weighted by atomic mass is 9.90. The van der Waals surface area contributed by atoms with Crippen LogP contribution in [0.3, 0.4) is 0 Å². The summed E-state index contributed by atoms with van der Waals surface area (Å²) in [7, 11) is -3.68. The minimum atomic E-state index is -3.68. The largest absolute Gasteiger partial charge is 0.322 e. The molecule has 0 fully saturated rings. The second-order valence-corrected chi connectivity index (χ2v) is 8.20. The summed E-state index contributed by atoms with van der Waals surface area (Å²) >= 11 is 0. The SMILES string of the molecule is N#CCCNS(=O)(=O)c1ccc(C(=O)Nc2cccc3c2CCCC3)cc1. The lowest BCUT2D eigenvalue weighted by Crippen LogP contribution is -2.24. The number of anilines is 1. The highest BCUT2D eigenvalue weighted by Gasteiger charge is 2.17. The first-order chi connectivity index (χ1) is 13.0. The van der Waals surface area contributed by atoms with Gasteiger partial charge in [-0.15, -0.1) is 0 Å². The van der Waals surface area contributed by atoms with Crippen molar-refractivity contribution in [3.63, 3.8) is 0 Å². The van der Waals surface area contributed by atoms with E-state index >= 15 is 0 Å². The van der Waals surface area contributed by atoms with Crippen molar-refractivity contribution in [3.8, 4) is 6.07 Å². The van der Waals surface area contributed by atoms with Crippen LogP contribution in [0.1, 0.15) is 40.7 Å². The van der Waals surface area contributed by atoms with E-state index < -0.39 is 10.0 Å². The first-order valence-electron chi connectivity index (χ1n) is 8.90. The Morgan fingerprint density at radius 1 is 1.07 bits per heavy atom. The number of nitriles is 1. The average Bonchev–Trinajstić information content (AvgIpc) is 2.68. The van der Waals surface area contributed by atoms with Crippen LogP contribution in [-0.4, -0.2) is 20.9 Å². The van der Waals surface area contributed by atoms with Crippen LogP contribution in [0.5, 0.6) is 0 Å². The Morgan fingerprint density at radius 3 is 2.56 bits per heavy atom. The number of sulfonamides is 1. The van der Waals surface area contributed by atoms with Gasteiger partial charge in [0.2, 0.25) is 10.0 Å². The van der Waals surface area contributed by atoms with Crippen molar-refractivity contribution in [2.24, 2.45) is 0 Å². The Labute approximate surface area is 159 Å². The molecule has 0 unspecified atom stereocenters. The Kier molecular flexibility index (Phi) is 5.89. The maximum Gasteiger partial charge on any atom is 0.255 e. The molecule has 0 saturated carbocycles. The van der Waals surface area contributed by atoms with Crippen molar-refractivity contribution >= 4 is 21.6 Å². The van der Waals surface area contributed by atoms with Gasteiger partial charge in [-0.05, 0) is 67.1 Å². The van der Waals surface area contributed by atoms with Gasteiger partial charge in [-0.2, -0.15) is 5.26 Å². The van der Waals surface area contributed by atoms with E-state index in [-0.39, 0.29) is 23.8 Å². The number of hydrogen-bond acceptors (Lipinski definition) is 4. The predicted octanol–water partition coefficient (Wildman–Crippen LogP) is 3.01. The number of fused-ring (bicyclic) bond motifs is 1. The summed E-state index contributed by atoms with van der Waals surface area (Å²) in [5, 5.41) is 11.4. The van der Waals surface area contributed by atoms with Crippen LogP contribution in [0.25, 0.3) is 0 Å². The second-order valence-electron chi connectivity index (χ2n) is 6.43. The van der Waals surface area contributed by atoms with Crippen LogP contribution in [0.2, 0.25) is 0 Å². The summed E-state index contributed by atoms with van der Waals surface area (Å²) in [6.45, 7) is 0.0557. The van der Waals surface area contributed by atoms with Gasteiger partial charge in [0.05, 0.1) is 11.0 Å². The molecule has 0 bridgehead atoms. The van der Waals surface area contributed by atoms with Crippen LogP contribution >= 0.6 is 0 Å². The van der Waals surface area contributed by atoms with Gasteiger partial charge >= 0.3 is 0 Å². The molecule has 7 heteroatoms. The van der Waals surface area contributed by atoms with Crippen LogP contribution in [0.4, 0.5) is 5.69 Å². The molecule has 0 aromatic heterocycles. The molecule has 1 aliphatic carbocycles. The van der Waals surface area contributed by atoms with Crippen molar-refractivity contribution in [2.45, 2.75) is 37.0 Å². The fourth-order valence-corrected chi connectivity index (χ4v) is 4.23. The van der Waals surface area contributed by atoms with E-state index in [4.69, 9.17) is 5.26 Å². The van der Waals surface area contributed by atoms with Gasteiger partial charge < -0.3 is 5.32 Å². The Balaban J connectivity index is 1.73. The van der Waals surface area contributed by atoms with Crippen molar-refractivity contribution in [1.29, 1.82) is 5.26 Å². The predicted molar refractivity (Wildman–Crippen MR) is 103 cm³/mol.